The number of aromatic nitrogens is 1. The predicted molar refractivity (Wildman–Crippen MR) is 85.3 cm³/mol. The second-order valence-electron chi connectivity index (χ2n) is 5.52. The molecule has 2 N–H and O–H groups in total. The molecule has 2 amide bonds. The molecule has 0 aliphatic rings. The van der Waals surface area contributed by atoms with E-state index in [-0.39, 0.29) is 5.92 Å². The van der Waals surface area contributed by atoms with Gasteiger partial charge in [-0.25, -0.2) is 8.78 Å². The van der Waals surface area contributed by atoms with Crippen LogP contribution in [0.25, 0.3) is 0 Å². The van der Waals surface area contributed by atoms with Gasteiger partial charge < -0.3 is 10.6 Å². The minimum atomic E-state index is -0.982. The fourth-order valence-corrected chi connectivity index (χ4v) is 2.12. The largest absolute Gasteiger partial charge is 0.340 e. The zero-order chi connectivity index (χ0) is 17.7. The number of pyridine rings is 1. The van der Waals surface area contributed by atoms with Crippen molar-refractivity contribution in [2.45, 2.75) is 19.9 Å². The van der Waals surface area contributed by atoms with Gasteiger partial charge in [-0.1, -0.05) is 19.9 Å². The molecule has 0 saturated heterocycles. The van der Waals surface area contributed by atoms with Crippen molar-refractivity contribution in [3.63, 3.8) is 0 Å². The van der Waals surface area contributed by atoms with Gasteiger partial charge in [0.1, 0.15) is 23.2 Å². The molecule has 0 fully saturated rings. The molecule has 1 aromatic heterocycles. The molecule has 2 aromatic rings. The maximum Gasteiger partial charge on any atom is 0.257 e. The highest BCUT2D eigenvalue weighted by atomic mass is 19.1. The van der Waals surface area contributed by atoms with Crippen LogP contribution in [0.15, 0.2) is 42.7 Å². The molecule has 1 aromatic carbocycles. The summed E-state index contributed by atoms with van der Waals surface area (Å²) in [6.45, 7) is 3.43. The number of amides is 2. The lowest BCUT2D eigenvalue weighted by Gasteiger charge is -2.22. The summed E-state index contributed by atoms with van der Waals surface area (Å²) in [6.07, 6.45) is 3.01. The lowest BCUT2D eigenvalue weighted by Crippen LogP contribution is -2.47. The summed E-state index contributed by atoms with van der Waals surface area (Å²) in [7, 11) is 0. The molecule has 1 unspecified atom stereocenters. The van der Waals surface area contributed by atoms with Crippen LogP contribution in [0.3, 0.4) is 0 Å². The molecule has 0 spiro atoms. The summed E-state index contributed by atoms with van der Waals surface area (Å²) in [4.78, 5) is 28.4. The normalized spacial score (nSPS) is 11.9. The summed E-state index contributed by atoms with van der Waals surface area (Å²) in [5, 5.41) is 5.02. The Morgan fingerprint density at radius 1 is 1.04 bits per heavy atom. The Morgan fingerprint density at radius 3 is 2.17 bits per heavy atom. The molecule has 0 bridgehead atoms. The predicted octanol–water partition coefficient (Wildman–Crippen LogP) is 2.75. The van der Waals surface area contributed by atoms with Crippen LogP contribution in [0.4, 0.5) is 14.5 Å². The van der Waals surface area contributed by atoms with E-state index in [1.807, 2.05) is 0 Å². The van der Waals surface area contributed by atoms with Gasteiger partial charge in [0.05, 0.1) is 0 Å². The van der Waals surface area contributed by atoms with Crippen LogP contribution in [0.2, 0.25) is 0 Å². The molecule has 1 heterocycles. The lowest BCUT2D eigenvalue weighted by molar-refractivity contribution is -0.118. The van der Waals surface area contributed by atoms with Crippen molar-refractivity contribution >= 4 is 17.5 Å². The van der Waals surface area contributed by atoms with Crippen molar-refractivity contribution in [2.75, 3.05) is 5.32 Å². The van der Waals surface area contributed by atoms with Gasteiger partial charge in [-0.15, -0.1) is 0 Å². The van der Waals surface area contributed by atoms with E-state index in [1.165, 1.54) is 12.4 Å². The first-order valence-corrected chi connectivity index (χ1v) is 7.36. The number of halogens is 2. The number of carbonyl (C=O) groups excluding carboxylic acids is 2. The van der Waals surface area contributed by atoms with Gasteiger partial charge >= 0.3 is 0 Å². The Kier molecular flexibility index (Phi) is 5.57. The lowest BCUT2D eigenvalue weighted by atomic mass is 10.0. The van der Waals surface area contributed by atoms with E-state index in [1.54, 1.807) is 26.0 Å². The number of anilines is 1. The van der Waals surface area contributed by atoms with Gasteiger partial charge in [0, 0.05) is 18.1 Å². The molecule has 0 radical (unpaired) electrons. The van der Waals surface area contributed by atoms with Gasteiger partial charge in [-0.2, -0.15) is 0 Å². The smallest absolute Gasteiger partial charge is 0.257 e. The molecule has 7 heteroatoms. The zero-order valence-corrected chi connectivity index (χ0v) is 13.2. The van der Waals surface area contributed by atoms with E-state index in [2.05, 4.69) is 15.6 Å². The highest BCUT2D eigenvalue weighted by Gasteiger charge is 2.27. The van der Waals surface area contributed by atoms with Gasteiger partial charge in [0.25, 0.3) is 5.91 Å². The Morgan fingerprint density at radius 2 is 1.62 bits per heavy atom. The van der Waals surface area contributed by atoms with E-state index < -0.39 is 35.1 Å². The minimum Gasteiger partial charge on any atom is -0.340 e. The first-order valence-electron chi connectivity index (χ1n) is 7.36. The average molecular weight is 333 g/mol. The molecule has 5 nitrogen and oxygen atoms in total. The van der Waals surface area contributed by atoms with Gasteiger partial charge in [0.2, 0.25) is 5.91 Å². The number of nitrogens with zero attached hydrogens (tertiary/aromatic N) is 1. The van der Waals surface area contributed by atoms with Crippen molar-refractivity contribution in [3.05, 3.63) is 59.9 Å². The third-order valence-electron chi connectivity index (χ3n) is 3.37. The molecular weight excluding hydrogens is 316 g/mol. The molecule has 0 aliphatic carbocycles. The molecule has 0 saturated carbocycles. The maximum absolute atomic E-state index is 13.7. The van der Waals surface area contributed by atoms with Crippen molar-refractivity contribution < 1.29 is 18.4 Å². The molecule has 24 heavy (non-hydrogen) atoms. The second kappa shape index (κ2) is 7.63. The monoisotopic (exact) mass is 333 g/mol. The number of rotatable bonds is 5. The van der Waals surface area contributed by atoms with E-state index >= 15 is 0 Å². The summed E-state index contributed by atoms with van der Waals surface area (Å²) >= 11 is 0. The van der Waals surface area contributed by atoms with Gasteiger partial charge in [0.15, 0.2) is 0 Å². The van der Waals surface area contributed by atoms with E-state index in [0.717, 1.165) is 18.2 Å². The van der Waals surface area contributed by atoms with Crippen LogP contribution in [0.1, 0.15) is 24.2 Å². The number of benzene rings is 1. The third-order valence-corrected chi connectivity index (χ3v) is 3.37. The third kappa shape index (κ3) is 4.13. The van der Waals surface area contributed by atoms with Crippen LogP contribution in [-0.4, -0.2) is 22.8 Å². The molecular formula is C17H17F2N3O2. The summed E-state index contributed by atoms with van der Waals surface area (Å²) < 4.78 is 27.4. The number of hydrogen-bond donors (Lipinski definition) is 2. The van der Waals surface area contributed by atoms with E-state index in [9.17, 15) is 18.4 Å². The Bertz CT molecular complexity index is 716. The Balaban J connectivity index is 2.16. The minimum absolute atomic E-state index is 0.286. The maximum atomic E-state index is 13.7. The fourth-order valence-electron chi connectivity index (χ4n) is 2.12. The number of carbonyl (C=O) groups is 2. The summed E-state index contributed by atoms with van der Waals surface area (Å²) in [5.41, 5.74) is -0.202. The first-order chi connectivity index (χ1) is 11.4. The SMILES string of the molecule is CC(C)C(NC(=O)c1c(F)cccc1F)C(=O)Nc1ccncc1. The van der Waals surface area contributed by atoms with Crippen molar-refractivity contribution in [1.82, 2.24) is 10.3 Å². The number of hydrogen-bond acceptors (Lipinski definition) is 3. The quantitative estimate of drug-likeness (QED) is 0.884. The standard InChI is InChI=1S/C17H17F2N3O2/c1-10(2)15(17(24)21-11-6-8-20-9-7-11)22-16(23)14-12(18)4-3-5-13(14)19/h3-10,15H,1-2H3,(H,22,23)(H,20,21,24). The summed E-state index contributed by atoms with van der Waals surface area (Å²) in [6, 6.07) is 5.36. The Labute approximate surface area is 138 Å². The molecule has 1 atom stereocenters. The van der Waals surface area contributed by atoms with E-state index in [0.29, 0.717) is 5.69 Å². The van der Waals surface area contributed by atoms with Gasteiger partial charge in [-0.05, 0) is 30.2 Å². The fraction of sp³-hybridized carbons (Fsp3) is 0.235. The topological polar surface area (TPSA) is 71.1 Å². The van der Waals surface area contributed by atoms with E-state index in [4.69, 9.17) is 0 Å². The number of nitrogens with one attached hydrogen (secondary N) is 2. The van der Waals surface area contributed by atoms with Crippen LogP contribution in [0, 0.1) is 17.6 Å². The first kappa shape index (κ1) is 17.5. The Hall–Kier alpha value is -2.83. The van der Waals surface area contributed by atoms with Crippen molar-refractivity contribution in [2.24, 2.45) is 5.92 Å². The molecule has 126 valence electrons. The van der Waals surface area contributed by atoms with Crippen LogP contribution >= 0.6 is 0 Å². The molecule has 2 rings (SSSR count). The summed E-state index contributed by atoms with van der Waals surface area (Å²) in [5.74, 6) is -3.71. The highest BCUT2D eigenvalue weighted by molar-refractivity contribution is 6.01. The van der Waals surface area contributed by atoms with Crippen LogP contribution in [-0.2, 0) is 4.79 Å². The van der Waals surface area contributed by atoms with Gasteiger partial charge in [-0.3, -0.25) is 14.6 Å². The van der Waals surface area contributed by atoms with Crippen LogP contribution < -0.4 is 10.6 Å². The van der Waals surface area contributed by atoms with Crippen LogP contribution in [0.5, 0.6) is 0 Å². The average Bonchev–Trinajstić information content (AvgIpc) is 2.53. The van der Waals surface area contributed by atoms with Crippen molar-refractivity contribution in [3.8, 4) is 0 Å². The van der Waals surface area contributed by atoms with Crippen molar-refractivity contribution in [1.29, 1.82) is 0 Å². The second-order valence-corrected chi connectivity index (χ2v) is 5.52. The molecule has 0 aliphatic heterocycles. The zero-order valence-electron chi connectivity index (χ0n) is 13.2. The highest BCUT2D eigenvalue weighted by Crippen LogP contribution is 2.14.